The van der Waals surface area contributed by atoms with Crippen molar-refractivity contribution in [3.63, 3.8) is 0 Å². The molecule has 170 valence electrons. The van der Waals surface area contributed by atoms with Gasteiger partial charge in [-0.15, -0.1) is 10.2 Å². The fourth-order valence-electron chi connectivity index (χ4n) is 3.62. The molecule has 0 atom stereocenters. The van der Waals surface area contributed by atoms with Crippen molar-refractivity contribution < 1.29 is 4.79 Å². The van der Waals surface area contributed by atoms with E-state index in [0.717, 1.165) is 28.1 Å². The van der Waals surface area contributed by atoms with Crippen LogP contribution in [0, 0.1) is 5.41 Å². The number of nitrogens with one attached hydrogen (secondary N) is 2. The Balaban J connectivity index is 1.61. The van der Waals surface area contributed by atoms with Crippen LogP contribution < -0.4 is 5.32 Å². The number of amides is 1. The summed E-state index contributed by atoms with van der Waals surface area (Å²) in [5.41, 5.74) is 4.13. The maximum Gasteiger partial charge on any atom is 0.290 e. The Bertz CT molecular complexity index is 1220. The van der Waals surface area contributed by atoms with E-state index in [9.17, 15) is 4.79 Å². The van der Waals surface area contributed by atoms with Gasteiger partial charge >= 0.3 is 0 Å². The Morgan fingerprint density at radius 3 is 2.42 bits per heavy atom. The van der Waals surface area contributed by atoms with Crippen LogP contribution in [-0.2, 0) is 13.0 Å². The molecule has 0 bridgehead atoms. The summed E-state index contributed by atoms with van der Waals surface area (Å²) >= 11 is 0. The zero-order valence-electron chi connectivity index (χ0n) is 19.3. The first kappa shape index (κ1) is 22.3. The van der Waals surface area contributed by atoms with Crippen LogP contribution >= 0.6 is 0 Å². The zero-order valence-corrected chi connectivity index (χ0v) is 19.3. The molecule has 0 unspecified atom stereocenters. The van der Waals surface area contributed by atoms with E-state index in [-0.39, 0.29) is 17.1 Å². The van der Waals surface area contributed by atoms with Gasteiger partial charge in [-0.1, -0.05) is 69.3 Å². The minimum Gasteiger partial charge on any atom is -0.350 e. The molecule has 0 aliphatic rings. The second-order valence-electron chi connectivity index (χ2n) is 9.10. The second kappa shape index (κ2) is 9.32. The number of aromatic nitrogens is 7. The van der Waals surface area contributed by atoms with E-state index in [1.807, 2.05) is 35.9 Å². The highest BCUT2D eigenvalue weighted by Gasteiger charge is 2.20. The number of carbonyl (C=O) groups excluding carboxylic acids is 1. The molecular weight excluding hydrogens is 416 g/mol. The predicted octanol–water partition coefficient (Wildman–Crippen LogP) is 3.51. The summed E-state index contributed by atoms with van der Waals surface area (Å²) in [6.45, 7) is 9.51. The molecule has 0 fully saturated rings. The molecule has 33 heavy (non-hydrogen) atoms. The van der Waals surface area contributed by atoms with Gasteiger partial charge in [-0.2, -0.15) is 0 Å². The number of carbonyl (C=O) groups is 1. The van der Waals surface area contributed by atoms with Crippen LogP contribution in [0.25, 0.3) is 22.5 Å². The van der Waals surface area contributed by atoms with Gasteiger partial charge in [0.05, 0.1) is 0 Å². The molecule has 4 rings (SSSR count). The summed E-state index contributed by atoms with van der Waals surface area (Å²) in [5.74, 6) is 1.36. The molecular formula is C24H28N8O. The number of tetrazole rings is 1. The monoisotopic (exact) mass is 444 g/mol. The van der Waals surface area contributed by atoms with Gasteiger partial charge in [0.25, 0.3) is 5.91 Å². The molecule has 2 aromatic carbocycles. The summed E-state index contributed by atoms with van der Waals surface area (Å²) in [4.78, 5) is 16.8. The van der Waals surface area contributed by atoms with E-state index in [4.69, 9.17) is 0 Å². The van der Waals surface area contributed by atoms with Crippen molar-refractivity contribution >= 4 is 5.91 Å². The summed E-state index contributed by atoms with van der Waals surface area (Å²) in [6.07, 6.45) is 0.580. The van der Waals surface area contributed by atoms with Crippen molar-refractivity contribution in [2.75, 3.05) is 6.54 Å². The third-order valence-electron chi connectivity index (χ3n) is 5.07. The van der Waals surface area contributed by atoms with Crippen LogP contribution in [0.1, 0.15) is 49.7 Å². The minimum absolute atomic E-state index is 0.00405. The third kappa shape index (κ3) is 5.31. The van der Waals surface area contributed by atoms with Crippen molar-refractivity contribution in [2.24, 2.45) is 5.41 Å². The number of aromatic amines is 1. The SMILES string of the molecule is CCNC(=O)c1nc(Cc2ccc(-c3ccccc3-c3nnn[nH]3)cc2)n(CC(C)(C)C)n1. The smallest absolute Gasteiger partial charge is 0.290 e. The van der Waals surface area contributed by atoms with Crippen LogP contribution in [-0.4, -0.2) is 47.8 Å². The van der Waals surface area contributed by atoms with Crippen LogP contribution in [0.4, 0.5) is 0 Å². The third-order valence-corrected chi connectivity index (χ3v) is 5.07. The molecule has 0 aliphatic carbocycles. The molecule has 0 aliphatic heterocycles. The number of hydrogen-bond acceptors (Lipinski definition) is 6. The molecule has 1 amide bonds. The Kier molecular flexibility index (Phi) is 6.30. The number of hydrogen-bond donors (Lipinski definition) is 2. The van der Waals surface area contributed by atoms with Gasteiger partial charge in [-0.3, -0.25) is 4.79 Å². The average molecular weight is 445 g/mol. The molecule has 9 heteroatoms. The van der Waals surface area contributed by atoms with Crippen molar-refractivity contribution in [3.05, 3.63) is 65.7 Å². The highest BCUT2D eigenvalue weighted by molar-refractivity contribution is 5.90. The van der Waals surface area contributed by atoms with Crippen LogP contribution in [0.3, 0.4) is 0 Å². The first-order valence-electron chi connectivity index (χ1n) is 11.0. The summed E-state index contributed by atoms with van der Waals surface area (Å²) in [6, 6.07) is 16.3. The highest BCUT2D eigenvalue weighted by atomic mass is 16.2. The van der Waals surface area contributed by atoms with E-state index < -0.39 is 0 Å². The number of nitrogens with zero attached hydrogens (tertiary/aromatic N) is 6. The second-order valence-corrected chi connectivity index (χ2v) is 9.10. The zero-order chi connectivity index (χ0) is 23.4. The predicted molar refractivity (Wildman–Crippen MR) is 125 cm³/mol. The van der Waals surface area contributed by atoms with E-state index in [2.05, 4.69) is 81.1 Å². The van der Waals surface area contributed by atoms with Gasteiger partial charge in [0.2, 0.25) is 5.82 Å². The Morgan fingerprint density at radius 2 is 1.79 bits per heavy atom. The Morgan fingerprint density at radius 1 is 1.06 bits per heavy atom. The number of benzene rings is 2. The largest absolute Gasteiger partial charge is 0.350 e. The van der Waals surface area contributed by atoms with Crippen molar-refractivity contribution in [2.45, 2.75) is 40.7 Å². The van der Waals surface area contributed by atoms with E-state index in [1.54, 1.807) is 0 Å². The van der Waals surface area contributed by atoms with Crippen LogP contribution in [0.15, 0.2) is 48.5 Å². The van der Waals surface area contributed by atoms with E-state index >= 15 is 0 Å². The quantitative estimate of drug-likeness (QED) is 0.451. The van der Waals surface area contributed by atoms with Crippen LogP contribution in [0.2, 0.25) is 0 Å². The van der Waals surface area contributed by atoms with Gasteiger partial charge < -0.3 is 5.32 Å². The van der Waals surface area contributed by atoms with E-state index in [0.29, 0.717) is 25.3 Å². The van der Waals surface area contributed by atoms with Gasteiger partial charge in [0.1, 0.15) is 5.82 Å². The van der Waals surface area contributed by atoms with Gasteiger partial charge in [0, 0.05) is 25.1 Å². The fourth-order valence-corrected chi connectivity index (χ4v) is 3.62. The van der Waals surface area contributed by atoms with Gasteiger partial charge in [-0.25, -0.2) is 14.8 Å². The highest BCUT2D eigenvalue weighted by Crippen LogP contribution is 2.30. The maximum absolute atomic E-state index is 12.3. The van der Waals surface area contributed by atoms with Crippen molar-refractivity contribution in [3.8, 4) is 22.5 Å². The van der Waals surface area contributed by atoms with Crippen molar-refractivity contribution in [1.29, 1.82) is 0 Å². The van der Waals surface area contributed by atoms with Crippen molar-refractivity contribution in [1.82, 2.24) is 40.7 Å². The Hall–Kier alpha value is -3.88. The molecule has 4 aromatic rings. The lowest BCUT2D eigenvalue weighted by atomic mass is 9.96. The molecule has 2 aromatic heterocycles. The molecule has 0 saturated carbocycles. The molecule has 0 radical (unpaired) electrons. The van der Waals surface area contributed by atoms with Gasteiger partial charge in [0.15, 0.2) is 5.82 Å². The summed E-state index contributed by atoms with van der Waals surface area (Å²) in [5, 5.41) is 21.5. The summed E-state index contributed by atoms with van der Waals surface area (Å²) < 4.78 is 1.85. The first-order valence-corrected chi connectivity index (χ1v) is 11.0. The standard InChI is InChI=1S/C24H28N8O/c1-5-25-23(33)22-26-20(32(29-22)15-24(2,3)4)14-16-10-12-17(13-11-16)18-8-6-7-9-19(18)21-27-30-31-28-21/h6-13H,5,14-15H2,1-4H3,(H,25,33)(H,27,28,30,31). The minimum atomic E-state index is -0.250. The lowest BCUT2D eigenvalue weighted by Gasteiger charge is -2.19. The normalized spacial score (nSPS) is 11.5. The maximum atomic E-state index is 12.3. The first-order chi connectivity index (χ1) is 15.8. The molecule has 9 nitrogen and oxygen atoms in total. The molecule has 0 spiro atoms. The topological polar surface area (TPSA) is 114 Å². The lowest BCUT2D eigenvalue weighted by molar-refractivity contribution is 0.0944. The van der Waals surface area contributed by atoms with E-state index in [1.165, 1.54) is 0 Å². The lowest BCUT2D eigenvalue weighted by Crippen LogP contribution is -2.24. The van der Waals surface area contributed by atoms with Gasteiger partial charge in [-0.05, 0) is 39.5 Å². The fraction of sp³-hybridized carbons (Fsp3) is 0.333. The molecule has 2 heterocycles. The number of rotatable bonds is 7. The van der Waals surface area contributed by atoms with Crippen LogP contribution in [0.5, 0.6) is 0 Å². The Labute approximate surface area is 192 Å². The average Bonchev–Trinajstić information content (AvgIpc) is 3.44. The summed E-state index contributed by atoms with van der Waals surface area (Å²) in [7, 11) is 0. The molecule has 0 saturated heterocycles. The molecule has 2 N–H and O–H groups in total. The number of H-pyrrole nitrogens is 1.